The van der Waals surface area contributed by atoms with Gasteiger partial charge in [-0.3, -0.25) is 0 Å². The van der Waals surface area contributed by atoms with Crippen LogP contribution in [-0.4, -0.2) is 0 Å². The van der Waals surface area contributed by atoms with E-state index in [2.05, 4.69) is 0 Å². The molecular weight excluding hydrogens is 195 g/mol. The first-order valence-corrected chi connectivity index (χ1v) is 5.20. The van der Waals surface area contributed by atoms with E-state index in [0.29, 0.717) is 4.88 Å². The topological polar surface area (TPSA) is 0 Å². The summed E-state index contributed by atoms with van der Waals surface area (Å²) in [5.74, 6) is -0.175. The van der Waals surface area contributed by atoms with Crippen molar-refractivity contribution in [2.75, 3.05) is 0 Å². The van der Waals surface area contributed by atoms with Gasteiger partial charge >= 0.3 is 0 Å². The molecule has 0 aliphatic heterocycles. The predicted molar refractivity (Wildman–Crippen MR) is 59.7 cm³/mol. The molecule has 0 saturated heterocycles. The fourth-order valence-corrected chi connectivity index (χ4v) is 1.81. The van der Waals surface area contributed by atoms with Crippen LogP contribution in [0.15, 0.2) is 47.8 Å². The van der Waals surface area contributed by atoms with E-state index in [9.17, 15) is 4.39 Å². The molecule has 2 aromatic rings. The summed E-state index contributed by atoms with van der Waals surface area (Å²) in [5, 5.41) is 1.87. The minimum absolute atomic E-state index is 0.175. The number of hydrogen-bond donors (Lipinski definition) is 0. The summed E-state index contributed by atoms with van der Waals surface area (Å²) >= 11 is 1.41. The molecule has 2 rings (SSSR count). The van der Waals surface area contributed by atoms with Gasteiger partial charge in [0, 0.05) is 0 Å². The summed E-state index contributed by atoms with van der Waals surface area (Å²) in [7, 11) is 0. The monoisotopic (exact) mass is 204 g/mol. The summed E-state index contributed by atoms with van der Waals surface area (Å²) in [6.45, 7) is 0. The van der Waals surface area contributed by atoms with Crippen molar-refractivity contribution in [2.24, 2.45) is 0 Å². The van der Waals surface area contributed by atoms with E-state index in [4.69, 9.17) is 0 Å². The van der Waals surface area contributed by atoms with Crippen LogP contribution in [-0.2, 0) is 0 Å². The second kappa shape index (κ2) is 4.20. The van der Waals surface area contributed by atoms with Crippen molar-refractivity contribution < 1.29 is 4.39 Å². The fraction of sp³-hybridized carbons (Fsp3) is 0. The molecule has 0 atom stereocenters. The first-order chi connectivity index (χ1) is 6.86. The lowest BCUT2D eigenvalue weighted by Gasteiger charge is -1.93. The Bertz CT molecular complexity index is 415. The van der Waals surface area contributed by atoms with Crippen LogP contribution in [0.1, 0.15) is 10.4 Å². The van der Waals surface area contributed by atoms with Crippen LogP contribution >= 0.6 is 11.3 Å². The third kappa shape index (κ3) is 2.09. The SMILES string of the molecule is FC(=Cc1ccccc1)c1cccs1. The normalized spacial score (nSPS) is 11.6. The first-order valence-electron chi connectivity index (χ1n) is 4.32. The molecule has 0 spiro atoms. The van der Waals surface area contributed by atoms with Gasteiger partial charge in [-0.1, -0.05) is 36.4 Å². The minimum Gasteiger partial charge on any atom is -0.205 e. The zero-order valence-electron chi connectivity index (χ0n) is 7.48. The summed E-state index contributed by atoms with van der Waals surface area (Å²) in [6.07, 6.45) is 1.55. The Morgan fingerprint density at radius 2 is 1.86 bits per heavy atom. The van der Waals surface area contributed by atoms with Crippen molar-refractivity contribution in [3.05, 3.63) is 58.3 Å². The second-order valence-electron chi connectivity index (χ2n) is 2.88. The quantitative estimate of drug-likeness (QED) is 0.687. The standard InChI is InChI=1S/C12H9FS/c13-11(12-7-4-8-14-12)9-10-5-2-1-3-6-10/h1-9H. The van der Waals surface area contributed by atoms with Crippen LogP contribution in [0.5, 0.6) is 0 Å². The molecular formula is C12H9FS. The van der Waals surface area contributed by atoms with E-state index in [1.165, 1.54) is 11.3 Å². The molecule has 0 nitrogen and oxygen atoms in total. The average molecular weight is 204 g/mol. The van der Waals surface area contributed by atoms with Crippen molar-refractivity contribution in [1.29, 1.82) is 0 Å². The van der Waals surface area contributed by atoms with Crippen LogP contribution < -0.4 is 0 Å². The van der Waals surface area contributed by atoms with Gasteiger partial charge in [-0.25, -0.2) is 4.39 Å². The van der Waals surface area contributed by atoms with Crippen LogP contribution in [0.4, 0.5) is 4.39 Å². The van der Waals surface area contributed by atoms with Crippen LogP contribution in [0.3, 0.4) is 0 Å². The van der Waals surface area contributed by atoms with E-state index >= 15 is 0 Å². The molecule has 0 amide bonds. The molecule has 1 heterocycles. The zero-order chi connectivity index (χ0) is 9.80. The van der Waals surface area contributed by atoms with Gasteiger partial charge in [-0.15, -0.1) is 11.3 Å². The van der Waals surface area contributed by atoms with Gasteiger partial charge in [0.1, 0.15) is 5.83 Å². The first kappa shape index (κ1) is 9.16. The predicted octanol–water partition coefficient (Wildman–Crippen LogP) is 4.22. The lowest BCUT2D eigenvalue weighted by Crippen LogP contribution is -1.72. The molecule has 0 radical (unpaired) electrons. The fourth-order valence-electron chi connectivity index (χ4n) is 1.18. The van der Waals surface area contributed by atoms with Crippen LogP contribution in [0.2, 0.25) is 0 Å². The largest absolute Gasteiger partial charge is 0.205 e. The summed E-state index contributed by atoms with van der Waals surface area (Å²) in [6, 6.07) is 13.1. The highest BCUT2D eigenvalue weighted by atomic mass is 32.1. The van der Waals surface area contributed by atoms with Gasteiger partial charge in [-0.2, -0.15) is 0 Å². The van der Waals surface area contributed by atoms with Crippen molar-refractivity contribution >= 4 is 23.2 Å². The molecule has 0 aliphatic carbocycles. The Hall–Kier alpha value is -1.41. The maximum Gasteiger partial charge on any atom is 0.140 e. The third-order valence-corrected chi connectivity index (χ3v) is 2.73. The van der Waals surface area contributed by atoms with Gasteiger partial charge < -0.3 is 0 Å². The van der Waals surface area contributed by atoms with E-state index < -0.39 is 0 Å². The van der Waals surface area contributed by atoms with Gasteiger partial charge in [-0.05, 0) is 23.1 Å². The Labute approximate surface area is 86.3 Å². The minimum atomic E-state index is -0.175. The molecule has 14 heavy (non-hydrogen) atoms. The molecule has 2 heteroatoms. The Balaban J connectivity index is 2.28. The average Bonchev–Trinajstić information content (AvgIpc) is 2.72. The van der Waals surface area contributed by atoms with Crippen molar-refractivity contribution in [1.82, 2.24) is 0 Å². The van der Waals surface area contributed by atoms with Crippen LogP contribution in [0.25, 0.3) is 11.9 Å². The zero-order valence-corrected chi connectivity index (χ0v) is 8.30. The Morgan fingerprint density at radius 3 is 2.50 bits per heavy atom. The molecule has 70 valence electrons. The number of benzene rings is 1. The van der Waals surface area contributed by atoms with Gasteiger partial charge in [0.2, 0.25) is 0 Å². The smallest absolute Gasteiger partial charge is 0.140 e. The molecule has 0 N–H and O–H groups in total. The van der Waals surface area contributed by atoms with Crippen molar-refractivity contribution in [3.63, 3.8) is 0 Å². The highest BCUT2D eigenvalue weighted by Crippen LogP contribution is 2.23. The number of halogens is 1. The maximum absolute atomic E-state index is 13.5. The number of thiophene rings is 1. The number of hydrogen-bond acceptors (Lipinski definition) is 1. The lowest BCUT2D eigenvalue weighted by atomic mass is 10.2. The lowest BCUT2D eigenvalue weighted by molar-refractivity contribution is 0.769. The molecule has 0 unspecified atom stereocenters. The van der Waals surface area contributed by atoms with E-state index in [1.54, 1.807) is 12.1 Å². The molecule has 1 aromatic heterocycles. The van der Waals surface area contributed by atoms with Crippen LogP contribution in [0, 0.1) is 0 Å². The van der Waals surface area contributed by atoms with Crippen molar-refractivity contribution in [2.45, 2.75) is 0 Å². The van der Waals surface area contributed by atoms with E-state index in [0.717, 1.165) is 5.56 Å². The van der Waals surface area contributed by atoms with E-state index in [-0.39, 0.29) is 5.83 Å². The molecule has 0 bridgehead atoms. The maximum atomic E-state index is 13.5. The highest BCUT2D eigenvalue weighted by Gasteiger charge is 1.99. The Kier molecular flexibility index (Phi) is 2.75. The highest BCUT2D eigenvalue weighted by molar-refractivity contribution is 7.11. The summed E-state index contributed by atoms with van der Waals surface area (Å²) in [4.78, 5) is 0.675. The summed E-state index contributed by atoms with van der Waals surface area (Å²) in [5.41, 5.74) is 0.887. The van der Waals surface area contributed by atoms with Gasteiger partial charge in [0.05, 0.1) is 4.88 Å². The van der Waals surface area contributed by atoms with Gasteiger partial charge in [0.25, 0.3) is 0 Å². The second-order valence-corrected chi connectivity index (χ2v) is 3.83. The Morgan fingerprint density at radius 1 is 1.07 bits per heavy atom. The number of rotatable bonds is 2. The van der Waals surface area contributed by atoms with E-state index in [1.807, 2.05) is 41.8 Å². The van der Waals surface area contributed by atoms with Crippen molar-refractivity contribution in [3.8, 4) is 0 Å². The van der Waals surface area contributed by atoms with Gasteiger partial charge in [0.15, 0.2) is 0 Å². The third-order valence-electron chi connectivity index (χ3n) is 1.85. The molecule has 1 aromatic carbocycles. The molecule has 0 fully saturated rings. The summed E-state index contributed by atoms with van der Waals surface area (Å²) < 4.78 is 13.5. The molecule has 0 saturated carbocycles. The molecule has 0 aliphatic rings.